The number of ether oxygens (including phenoxy) is 1. The van der Waals surface area contributed by atoms with Crippen LogP contribution >= 0.6 is 24.0 Å². The van der Waals surface area contributed by atoms with Crippen LogP contribution in [0.3, 0.4) is 0 Å². The van der Waals surface area contributed by atoms with Gasteiger partial charge in [0.1, 0.15) is 12.3 Å². The summed E-state index contributed by atoms with van der Waals surface area (Å²) < 4.78 is 5.26. The summed E-state index contributed by atoms with van der Waals surface area (Å²) in [7, 11) is 5.24. The third-order valence-electron chi connectivity index (χ3n) is 5.63. The number of aliphatic imine (C=N–C) groups is 1. The predicted octanol–water partition coefficient (Wildman–Crippen LogP) is 3.08. The highest BCUT2D eigenvalue weighted by Crippen LogP contribution is 2.29. The highest BCUT2D eigenvalue weighted by atomic mass is 127. The van der Waals surface area contributed by atoms with Crippen LogP contribution in [0.1, 0.15) is 43.6 Å². The van der Waals surface area contributed by atoms with Crippen molar-refractivity contribution in [2.45, 2.75) is 44.1 Å². The zero-order valence-electron chi connectivity index (χ0n) is 17.2. The standard InChI is InChI=1S/C21H32N4O2.HI/c1-24(2)20(26)14-22-21(23-18-6-4-5-7-18)25-13-12-17(15-25)16-8-10-19(27-3)11-9-16;/h8-11,17-18H,4-7,12-15H2,1-3H3,(H,22,23);1H. The quantitative estimate of drug-likeness (QED) is 0.384. The molecule has 6 nitrogen and oxygen atoms in total. The summed E-state index contributed by atoms with van der Waals surface area (Å²) in [5.41, 5.74) is 1.34. The first-order valence-corrected chi connectivity index (χ1v) is 9.97. The average Bonchev–Trinajstić information content (AvgIpc) is 3.36. The lowest BCUT2D eigenvalue weighted by atomic mass is 9.98. The van der Waals surface area contributed by atoms with Gasteiger partial charge in [0, 0.05) is 39.1 Å². The number of guanidine groups is 1. The van der Waals surface area contributed by atoms with Crippen LogP contribution in [0.5, 0.6) is 5.75 Å². The van der Waals surface area contributed by atoms with E-state index in [2.05, 4.69) is 27.3 Å². The number of hydrogen-bond donors (Lipinski definition) is 1. The van der Waals surface area contributed by atoms with E-state index in [1.165, 1.54) is 31.2 Å². The third-order valence-corrected chi connectivity index (χ3v) is 5.63. The molecule has 1 unspecified atom stereocenters. The number of halogens is 1. The molecule has 1 aromatic carbocycles. The molecule has 1 heterocycles. The Bertz CT molecular complexity index is 657. The summed E-state index contributed by atoms with van der Waals surface area (Å²) in [5.74, 6) is 2.30. The molecule has 0 bridgehead atoms. The van der Waals surface area contributed by atoms with Gasteiger partial charge in [-0.25, -0.2) is 4.99 Å². The largest absolute Gasteiger partial charge is 0.497 e. The van der Waals surface area contributed by atoms with Gasteiger partial charge in [-0.05, 0) is 37.0 Å². The molecule has 1 aliphatic heterocycles. The van der Waals surface area contributed by atoms with Gasteiger partial charge in [0.15, 0.2) is 5.96 Å². The van der Waals surface area contributed by atoms with Crippen molar-refractivity contribution in [1.82, 2.24) is 15.1 Å². The van der Waals surface area contributed by atoms with E-state index in [0.29, 0.717) is 12.0 Å². The smallest absolute Gasteiger partial charge is 0.243 e. The molecular formula is C21H33IN4O2. The van der Waals surface area contributed by atoms with Crippen molar-refractivity contribution in [3.63, 3.8) is 0 Å². The Morgan fingerprint density at radius 1 is 1.21 bits per heavy atom. The number of nitrogens with one attached hydrogen (secondary N) is 1. The van der Waals surface area contributed by atoms with Crippen LogP contribution < -0.4 is 10.1 Å². The van der Waals surface area contributed by atoms with Crippen LogP contribution in [-0.4, -0.2) is 68.5 Å². The van der Waals surface area contributed by atoms with Gasteiger partial charge in [0.2, 0.25) is 5.91 Å². The number of benzene rings is 1. The van der Waals surface area contributed by atoms with Gasteiger partial charge in [-0.2, -0.15) is 0 Å². The molecule has 0 radical (unpaired) electrons. The van der Waals surface area contributed by atoms with Crippen molar-refractivity contribution in [3.05, 3.63) is 29.8 Å². The average molecular weight is 500 g/mol. The van der Waals surface area contributed by atoms with Crippen LogP contribution in [-0.2, 0) is 4.79 Å². The first-order chi connectivity index (χ1) is 13.1. The first kappa shape index (κ1) is 22.8. The number of carbonyl (C=O) groups is 1. The molecule has 1 amide bonds. The lowest BCUT2D eigenvalue weighted by molar-refractivity contribution is -0.127. The SMILES string of the molecule is COc1ccc(C2CCN(C(=NCC(=O)N(C)C)NC3CCCC3)C2)cc1.I. The number of nitrogens with zero attached hydrogens (tertiary/aromatic N) is 3. The molecule has 1 atom stereocenters. The van der Waals surface area contributed by atoms with Crippen LogP contribution in [0, 0.1) is 0 Å². The van der Waals surface area contributed by atoms with Gasteiger partial charge in [0.25, 0.3) is 0 Å². The molecule has 156 valence electrons. The van der Waals surface area contributed by atoms with Crippen molar-refractivity contribution in [2.24, 2.45) is 4.99 Å². The zero-order chi connectivity index (χ0) is 19.2. The molecule has 28 heavy (non-hydrogen) atoms. The van der Waals surface area contributed by atoms with Crippen LogP contribution in [0.25, 0.3) is 0 Å². The number of methoxy groups -OCH3 is 1. The predicted molar refractivity (Wildman–Crippen MR) is 124 cm³/mol. The van der Waals surface area contributed by atoms with Crippen molar-refractivity contribution >= 4 is 35.8 Å². The minimum atomic E-state index is 0. The summed E-state index contributed by atoms with van der Waals surface area (Å²) in [6.07, 6.45) is 6.03. The van der Waals surface area contributed by atoms with Crippen molar-refractivity contribution < 1.29 is 9.53 Å². The molecule has 1 saturated heterocycles. The zero-order valence-corrected chi connectivity index (χ0v) is 19.5. The molecule has 1 N–H and O–H groups in total. The van der Waals surface area contributed by atoms with Crippen LogP contribution in [0.2, 0.25) is 0 Å². The van der Waals surface area contributed by atoms with Gasteiger partial charge in [0.05, 0.1) is 7.11 Å². The molecule has 1 saturated carbocycles. The molecule has 2 aliphatic rings. The summed E-state index contributed by atoms with van der Waals surface area (Å²) in [5, 5.41) is 3.63. The van der Waals surface area contributed by atoms with Crippen molar-refractivity contribution in [1.29, 1.82) is 0 Å². The topological polar surface area (TPSA) is 57.2 Å². The number of carbonyl (C=O) groups excluding carboxylic acids is 1. The fourth-order valence-corrected chi connectivity index (χ4v) is 3.87. The Morgan fingerprint density at radius 2 is 1.89 bits per heavy atom. The maximum atomic E-state index is 12.0. The Balaban J connectivity index is 0.00000280. The number of likely N-dealkylation sites (tertiary alicyclic amines) is 1. The van der Waals surface area contributed by atoms with Crippen LogP contribution in [0.15, 0.2) is 29.3 Å². The Labute approximate surface area is 185 Å². The normalized spacial score (nSPS) is 20.0. The summed E-state index contributed by atoms with van der Waals surface area (Å²) in [6, 6.07) is 8.85. The van der Waals surface area contributed by atoms with E-state index in [1.807, 2.05) is 12.1 Å². The Kier molecular flexibility index (Phi) is 8.85. The van der Waals surface area contributed by atoms with Gasteiger partial charge in [-0.1, -0.05) is 25.0 Å². The molecule has 3 rings (SSSR count). The van der Waals surface area contributed by atoms with Crippen molar-refractivity contribution in [2.75, 3.05) is 40.8 Å². The fraction of sp³-hybridized carbons (Fsp3) is 0.619. The monoisotopic (exact) mass is 500 g/mol. The molecule has 0 spiro atoms. The molecule has 2 fully saturated rings. The van der Waals surface area contributed by atoms with Gasteiger partial charge in [-0.3, -0.25) is 4.79 Å². The minimum absolute atomic E-state index is 0. The van der Waals surface area contributed by atoms with Gasteiger partial charge < -0.3 is 19.9 Å². The third kappa shape index (κ3) is 5.99. The number of rotatable bonds is 5. The minimum Gasteiger partial charge on any atom is -0.497 e. The molecular weight excluding hydrogens is 467 g/mol. The van der Waals surface area contributed by atoms with E-state index in [4.69, 9.17) is 4.74 Å². The second kappa shape index (κ2) is 10.9. The summed E-state index contributed by atoms with van der Waals surface area (Å²) >= 11 is 0. The highest BCUT2D eigenvalue weighted by molar-refractivity contribution is 14.0. The number of amides is 1. The van der Waals surface area contributed by atoms with E-state index in [9.17, 15) is 4.79 Å². The Hall–Kier alpha value is -1.51. The maximum absolute atomic E-state index is 12.0. The van der Waals surface area contributed by atoms with Crippen molar-refractivity contribution in [3.8, 4) is 5.75 Å². The second-order valence-corrected chi connectivity index (χ2v) is 7.76. The summed E-state index contributed by atoms with van der Waals surface area (Å²) in [4.78, 5) is 20.6. The molecule has 0 aromatic heterocycles. The lowest BCUT2D eigenvalue weighted by Gasteiger charge is -2.25. The maximum Gasteiger partial charge on any atom is 0.243 e. The van der Waals surface area contributed by atoms with E-state index in [0.717, 1.165) is 31.2 Å². The summed E-state index contributed by atoms with van der Waals surface area (Å²) in [6.45, 7) is 2.10. The second-order valence-electron chi connectivity index (χ2n) is 7.76. The van der Waals surface area contributed by atoms with Gasteiger partial charge in [-0.15, -0.1) is 24.0 Å². The van der Waals surface area contributed by atoms with Gasteiger partial charge >= 0.3 is 0 Å². The number of hydrogen-bond acceptors (Lipinski definition) is 3. The van der Waals surface area contributed by atoms with E-state index in [1.54, 1.807) is 26.1 Å². The van der Waals surface area contributed by atoms with E-state index < -0.39 is 0 Å². The lowest BCUT2D eigenvalue weighted by Crippen LogP contribution is -2.45. The molecule has 7 heteroatoms. The number of likely N-dealkylation sites (N-methyl/N-ethyl adjacent to an activating group) is 1. The molecule has 1 aliphatic carbocycles. The molecule has 1 aromatic rings. The fourth-order valence-electron chi connectivity index (χ4n) is 3.87. The van der Waals surface area contributed by atoms with E-state index >= 15 is 0 Å². The first-order valence-electron chi connectivity index (χ1n) is 9.97. The van der Waals surface area contributed by atoms with Crippen LogP contribution in [0.4, 0.5) is 0 Å². The van der Waals surface area contributed by atoms with E-state index in [-0.39, 0.29) is 36.4 Å². The Morgan fingerprint density at radius 3 is 2.50 bits per heavy atom. The highest BCUT2D eigenvalue weighted by Gasteiger charge is 2.28.